The van der Waals surface area contributed by atoms with Crippen LogP contribution < -0.4 is 10.0 Å². The Kier molecular flexibility index (Phi) is 6.52. The maximum Gasteiger partial charge on any atom is 0.240 e. The number of terminal acetylenes is 1. The summed E-state index contributed by atoms with van der Waals surface area (Å²) >= 11 is 0. The Morgan fingerprint density at radius 2 is 1.84 bits per heavy atom. The Hall–Kier alpha value is -1.96. The van der Waals surface area contributed by atoms with Gasteiger partial charge in [-0.2, -0.15) is 0 Å². The number of rotatable bonds is 7. The average molecular weight is 368 g/mol. The van der Waals surface area contributed by atoms with Gasteiger partial charge in [0.2, 0.25) is 15.9 Å². The Balaban J connectivity index is 1.93. The lowest BCUT2D eigenvalue weighted by molar-refractivity contribution is -0.124. The van der Waals surface area contributed by atoms with Crippen molar-refractivity contribution in [2.45, 2.75) is 35.7 Å². The van der Waals surface area contributed by atoms with E-state index in [1.54, 1.807) is 18.2 Å². The van der Waals surface area contributed by atoms with Crippen LogP contribution in [0, 0.1) is 12.3 Å². The molecule has 0 aliphatic carbocycles. The summed E-state index contributed by atoms with van der Waals surface area (Å²) < 4.78 is 32.1. The van der Waals surface area contributed by atoms with Gasteiger partial charge >= 0.3 is 0 Å². The number of carbonyl (C=O) groups is 1. The molecule has 8 nitrogen and oxygen atoms in total. The number of sulfonamides is 1. The molecule has 9 heteroatoms. The van der Waals surface area contributed by atoms with Crippen molar-refractivity contribution in [2.24, 2.45) is 0 Å². The molecule has 1 saturated heterocycles. The lowest BCUT2D eigenvalue weighted by atomic mass is 10.1. The SMILES string of the molecule is C#CCNC(=O)C[C@H]1O[C@H](CNS(=O)(=O)c2ccccc2)[C@@H](O)[C@H]1O. The van der Waals surface area contributed by atoms with Gasteiger partial charge in [0.05, 0.1) is 24.0 Å². The predicted octanol–water partition coefficient (Wildman–Crippen LogP) is -1.41. The van der Waals surface area contributed by atoms with Gasteiger partial charge in [-0.05, 0) is 12.1 Å². The highest BCUT2D eigenvalue weighted by Gasteiger charge is 2.43. The number of aliphatic hydroxyl groups is 2. The van der Waals surface area contributed by atoms with Crippen LogP contribution >= 0.6 is 0 Å². The molecule has 4 N–H and O–H groups in total. The molecule has 4 atom stereocenters. The maximum absolute atomic E-state index is 12.2. The average Bonchev–Trinajstić information content (AvgIpc) is 2.87. The molecule has 1 heterocycles. The van der Waals surface area contributed by atoms with Gasteiger partial charge < -0.3 is 20.3 Å². The third-order valence-corrected chi connectivity index (χ3v) is 5.20. The zero-order chi connectivity index (χ0) is 18.4. The van der Waals surface area contributed by atoms with Crippen LogP contribution in [0.15, 0.2) is 35.2 Å². The second-order valence-corrected chi connectivity index (χ2v) is 7.31. The van der Waals surface area contributed by atoms with E-state index in [-0.39, 0.29) is 24.4 Å². The maximum atomic E-state index is 12.2. The number of hydrogen-bond acceptors (Lipinski definition) is 6. The summed E-state index contributed by atoms with van der Waals surface area (Å²) in [5, 5.41) is 22.4. The van der Waals surface area contributed by atoms with E-state index in [9.17, 15) is 23.4 Å². The number of ether oxygens (including phenoxy) is 1. The van der Waals surface area contributed by atoms with Gasteiger partial charge in [0.15, 0.2) is 0 Å². The van der Waals surface area contributed by atoms with Crippen molar-refractivity contribution in [3.05, 3.63) is 30.3 Å². The minimum absolute atomic E-state index is 0.0461. The molecule has 1 aliphatic heterocycles. The highest BCUT2D eigenvalue weighted by atomic mass is 32.2. The number of benzene rings is 1. The van der Waals surface area contributed by atoms with E-state index in [2.05, 4.69) is 16.0 Å². The predicted molar refractivity (Wildman–Crippen MR) is 88.8 cm³/mol. The molecule has 1 aromatic carbocycles. The normalized spacial score (nSPS) is 26.1. The third-order valence-electron chi connectivity index (χ3n) is 3.76. The van der Waals surface area contributed by atoms with Gasteiger partial charge in [-0.3, -0.25) is 4.79 Å². The molecule has 1 aliphatic rings. The van der Waals surface area contributed by atoms with Gasteiger partial charge in [0.1, 0.15) is 18.3 Å². The van der Waals surface area contributed by atoms with Crippen LogP contribution in [0.2, 0.25) is 0 Å². The van der Waals surface area contributed by atoms with E-state index in [0.29, 0.717) is 0 Å². The van der Waals surface area contributed by atoms with Gasteiger partial charge in [-0.25, -0.2) is 13.1 Å². The molecule has 0 unspecified atom stereocenters. The minimum atomic E-state index is -3.77. The Morgan fingerprint density at radius 1 is 1.20 bits per heavy atom. The van der Waals surface area contributed by atoms with E-state index in [1.807, 2.05) is 0 Å². The number of amides is 1. The van der Waals surface area contributed by atoms with Crippen molar-refractivity contribution in [2.75, 3.05) is 13.1 Å². The molecule has 136 valence electrons. The molecule has 0 bridgehead atoms. The molecule has 0 saturated carbocycles. The van der Waals surface area contributed by atoms with Gasteiger partial charge in [0.25, 0.3) is 0 Å². The largest absolute Gasteiger partial charge is 0.388 e. The quantitative estimate of drug-likeness (QED) is 0.439. The van der Waals surface area contributed by atoms with Crippen molar-refractivity contribution >= 4 is 15.9 Å². The summed E-state index contributed by atoms with van der Waals surface area (Å²) in [5.74, 6) is 1.81. The van der Waals surface area contributed by atoms with Crippen LogP contribution in [-0.4, -0.2) is 62.0 Å². The van der Waals surface area contributed by atoms with Crippen LogP contribution in [0.1, 0.15) is 6.42 Å². The monoisotopic (exact) mass is 368 g/mol. The number of carbonyl (C=O) groups excluding carboxylic acids is 1. The van der Waals surface area contributed by atoms with Crippen LogP contribution in [-0.2, 0) is 19.6 Å². The van der Waals surface area contributed by atoms with E-state index >= 15 is 0 Å². The third kappa shape index (κ3) is 5.01. The standard InChI is InChI=1S/C16H20N2O6S/c1-2-8-17-14(19)9-12-15(20)16(21)13(24-12)10-18-25(22,23)11-6-4-3-5-7-11/h1,3-7,12-13,15-16,18,20-21H,8-10H2,(H,17,19)/t12-,13-,15+,16-/m1/s1. The van der Waals surface area contributed by atoms with Crippen molar-refractivity contribution in [3.63, 3.8) is 0 Å². The molecular formula is C16H20N2O6S. The summed E-state index contributed by atoms with van der Waals surface area (Å²) in [7, 11) is -3.77. The fourth-order valence-electron chi connectivity index (χ4n) is 2.44. The zero-order valence-electron chi connectivity index (χ0n) is 13.3. The van der Waals surface area contributed by atoms with E-state index in [4.69, 9.17) is 11.2 Å². The first kappa shape index (κ1) is 19.4. The van der Waals surface area contributed by atoms with E-state index < -0.39 is 40.3 Å². The summed E-state index contributed by atoms with van der Waals surface area (Å²) in [5.41, 5.74) is 0. The number of nitrogens with one attached hydrogen (secondary N) is 2. The zero-order valence-corrected chi connectivity index (χ0v) is 14.1. The van der Waals surface area contributed by atoms with Crippen LogP contribution in [0.4, 0.5) is 0 Å². The van der Waals surface area contributed by atoms with Gasteiger partial charge in [-0.15, -0.1) is 6.42 Å². The Bertz CT molecular complexity index is 731. The van der Waals surface area contributed by atoms with Crippen molar-refractivity contribution in [1.82, 2.24) is 10.0 Å². The van der Waals surface area contributed by atoms with Crippen molar-refractivity contribution < 1.29 is 28.2 Å². The molecular weight excluding hydrogens is 348 g/mol. The molecule has 1 fully saturated rings. The summed E-state index contributed by atoms with van der Waals surface area (Å²) in [6.07, 6.45) is 0.304. The molecule has 2 rings (SSSR count). The second-order valence-electron chi connectivity index (χ2n) is 5.54. The fraction of sp³-hybridized carbons (Fsp3) is 0.438. The highest BCUT2D eigenvalue weighted by molar-refractivity contribution is 7.89. The first-order valence-electron chi connectivity index (χ1n) is 7.61. The Morgan fingerprint density at radius 3 is 2.48 bits per heavy atom. The smallest absolute Gasteiger partial charge is 0.240 e. The Labute approximate surface area is 146 Å². The lowest BCUT2D eigenvalue weighted by Gasteiger charge is -2.15. The lowest BCUT2D eigenvalue weighted by Crippen LogP contribution is -2.40. The topological polar surface area (TPSA) is 125 Å². The minimum Gasteiger partial charge on any atom is -0.388 e. The van der Waals surface area contributed by atoms with Crippen LogP contribution in [0.5, 0.6) is 0 Å². The summed E-state index contributed by atoms with van der Waals surface area (Å²) in [6, 6.07) is 7.73. The molecule has 1 aromatic rings. The van der Waals surface area contributed by atoms with E-state index in [0.717, 1.165) is 0 Å². The second kappa shape index (κ2) is 8.42. The van der Waals surface area contributed by atoms with Gasteiger partial charge in [0, 0.05) is 6.54 Å². The highest BCUT2D eigenvalue weighted by Crippen LogP contribution is 2.23. The number of hydrogen-bond donors (Lipinski definition) is 4. The molecule has 25 heavy (non-hydrogen) atoms. The first-order chi connectivity index (χ1) is 11.8. The summed E-state index contributed by atoms with van der Waals surface area (Å²) in [6.45, 7) is -0.192. The van der Waals surface area contributed by atoms with Gasteiger partial charge in [-0.1, -0.05) is 24.1 Å². The summed E-state index contributed by atoms with van der Waals surface area (Å²) in [4.78, 5) is 11.7. The van der Waals surface area contributed by atoms with Crippen LogP contribution in [0.25, 0.3) is 0 Å². The van der Waals surface area contributed by atoms with E-state index in [1.165, 1.54) is 12.1 Å². The first-order valence-corrected chi connectivity index (χ1v) is 9.10. The fourth-order valence-corrected chi connectivity index (χ4v) is 3.51. The van der Waals surface area contributed by atoms with Crippen LogP contribution in [0.3, 0.4) is 0 Å². The number of aliphatic hydroxyl groups excluding tert-OH is 2. The van der Waals surface area contributed by atoms with Crippen molar-refractivity contribution in [1.29, 1.82) is 0 Å². The molecule has 0 radical (unpaired) electrons. The molecule has 0 aromatic heterocycles. The molecule has 1 amide bonds. The molecule has 0 spiro atoms. The van der Waals surface area contributed by atoms with Crippen molar-refractivity contribution in [3.8, 4) is 12.3 Å².